The van der Waals surface area contributed by atoms with Crippen molar-refractivity contribution in [2.45, 2.75) is 25.7 Å². The van der Waals surface area contributed by atoms with E-state index in [2.05, 4.69) is 0 Å². The molecule has 0 fully saturated rings. The monoisotopic (exact) mass is 329 g/mol. The molecule has 1 aromatic carbocycles. The Hall–Kier alpha value is -2.96. The number of ether oxygens (including phenoxy) is 1. The molecule has 0 radical (unpaired) electrons. The van der Waals surface area contributed by atoms with Gasteiger partial charge in [-0.2, -0.15) is 0 Å². The second-order valence-electron chi connectivity index (χ2n) is 5.58. The largest absolute Gasteiger partial charge is 0.451 e. The molecule has 24 heavy (non-hydrogen) atoms. The molecular weight excluding hydrogens is 314 g/mol. The molecule has 7 nitrogen and oxygen atoms in total. The zero-order chi connectivity index (χ0) is 17.1. The molecule has 3 rings (SSSR count). The molecular formula is C17H15NO6. The van der Waals surface area contributed by atoms with Gasteiger partial charge < -0.3 is 9.15 Å². The molecule has 0 atom stereocenters. The van der Waals surface area contributed by atoms with Crippen LogP contribution >= 0.6 is 0 Å². The molecule has 1 aliphatic rings. The van der Waals surface area contributed by atoms with E-state index in [0.29, 0.717) is 5.56 Å². The molecule has 0 saturated carbocycles. The number of nitro groups is 1. The highest BCUT2D eigenvalue weighted by Crippen LogP contribution is 2.22. The molecule has 0 N–H and O–H groups in total. The van der Waals surface area contributed by atoms with Gasteiger partial charge in [-0.15, -0.1) is 0 Å². The third-order valence-electron chi connectivity index (χ3n) is 3.98. The molecule has 0 unspecified atom stereocenters. The van der Waals surface area contributed by atoms with Crippen LogP contribution in [0.4, 0.5) is 5.88 Å². The zero-order valence-electron chi connectivity index (χ0n) is 12.8. The number of Topliss-reactive ketones (excluding diaryl/α,β-unsaturated/α-hetero) is 1. The SMILES string of the molecule is O=C(COC(=O)c1ccc([N+](=O)[O-])o1)c1ccc2c(c1)CCCC2. The van der Waals surface area contributed by atoms with Crippen LogP contribution in [0.1, 0.15) is 44.9 Å². The highest BCUT2D eigenvalue weighted by molar-refractivity contribution is 5.99. The summed E-state index contributed by atoms with van der Waals surface area (Å²) in [7, 11) is 0. The Balaban J connectivity index is 1.62. The van der Waals surface area contributed by atoms with Crippen molar-refractivity contribution in [3.8, 4) is 0 Å². The number of nitrogens with zero attached hydrogens (tertiary/aromatic N) is 1. The summed E-state index contributed by atoms with van der Waals surface area (Å²) in [4.78, 5) is 33.7. The lowest BCUT2D eigenvalue weighted by atomic mass is 9.90. The molecule has 0 spiro atoms. The summed E-state index contributed by atoms with van der Waals surface area (Å²) in [6.45, 7) is -0.438. The van der Waals surface area contributed by atoms with E-state index in [4.69, 9.17) is 9.15 Å². The van der Waals surface area contributed by atoms with Crippen LogP contribution in [0.3, 0.4) is 0 Å². The maximum Gasteiger partial charge on any atom is 0.433 e. The van der Waals surface area contributed by atoms with E-state index < -0.39 is 23.4 Å². The van der Waals surface area contributed by atoms with Gasteiger partial charge in [0.25, 0.3) is 0 Å². The van der Waals surface area contributed by atoms with Crippen LogP contribution in [0.2, 0.25) is 0 Å². The third kappa shape index (κ3) is 3.34. The highest BCUT2D eigenvalue weighted by atomic mass is 16.7. The third-order valence-corrected chi connectivity index (χ3v) is 3.98. The van der Waals surface area contributed by atoms with Crippen LogP contribution in [-0.2, 0) is 17.6 Å². The molecule has 0 amide bonds. The number of furan rings is 1. The topological polar surface area (TPSA) is 99.7 Å². The number of fused-ring (bicyclic) bond motifs is 1. The summed E-state index contributed by atoms with van der Waals surface area (Å²) >= 11 is 0. The molecule has 0 saturated heterocycles. The minimum Gasteiger partial charge on any atom is -0.451 e. The van der Waals surface area contributed by atoms with E-state index in [1.54, 1.807) is 6.07 Å². The maximum absolute atomic E-state index is 12.2. The average molecular weight is 329 g/mol. The van der Waals surface area contributed by atoms with Crippen molar-refractivity contribution < 1.29 is 23.7 Å². The predicted octanol–water partition coefficient (Wildman–Crippen LogP) is 3.11. The standard InChI is InChI=1S/C17H15NO6/c19-14(13-6-5-11-3-1-2-4-12(11)9-13)10-23-17(20)15-7-8-16(24-15)18(21)22/h5-9H,1-4,10H2. The Kier molecular flexibility index (Phi) is 4.41. The average Bonchev–Trinajstić information content (AvgIpc) is 3.09. The number of hydrogen-bond acceptors (Lipinski definition) is 6. The summed E-state index contributed by atoms with van der Waals surface area (Å²) in [5.41, 5.74) is 2.92. The predicted molar refractivity (Wildman–Crippen MR) is 83.1 cm³/mol. The minimum atomic E-state index is -0.908. The summed E-state index contributed by atoms with van der Waals surface area (Å²) in [6.07, 6.45) is 4.24. The lowest BCUT2D eigenvalue weighted by Crippen LogP contribution is -2.15. The van der Waals surface area contributed by atoms with Crippen LogP contribution in [0.5, 0.6) is 0 Å². The minimum absolute atomic E-state index is 0.306. The highest BCUT2D eigenvalue weighted by Gasteiger charge is 2.20. The summed E-state index contributed by atoms with van der Waals surface area (Å²) in [5.74, 6) is -2.09. The number of hydrogen-bond donors (Lipinski definition) is 0. The Morgan fingerprint density at radius 2 is 1.88 bits per heavy atom. The number of ketones is 1. The van der Waals surface area contributed by atoms with Crippen molar-refractivity contribution in [1.82, 2.24) is 0 Å². The Morgan fingerprint density at radius 3 is 2.58 bits per heavy atom. The second-order valence-corrected chi connectivity index (χ2v) is 5.58. The number of benzene rings is 1. The van der Waals surface area contributed by atoms with Crippen molar-refractivity contribution in [2.24, 2.45) is 0 Å². The van der Waals surface area contributed by atoms with Crippen molar-refractivity contribution in [3.05, 3.63) is 62.9 Å². The molecule has 1 heterocycles. The van der Waals surface area contributed by atoms with Gasteiger partial charge in [0.1, 0.15) is 4.92 Å². The molecule has 1 aliphatic carbocycles. The van der Waals surface area contributed by atoms with Gasteiger partial charge in [0.15, 0.2) is 12.4 Å². The van der Waals surface area contributed by atoms with Crippen molar-refractivity contribution in [2.75, 3.05) is 6.61 Å². The zero-order valence-corrected chi connectivity index (χ0v) is 12.8. The number of rotatable bonds is 5. The summed E-state index contributed by atoms with van der Waals surface area (Å²) in [6, 6.07) is 7.73. The van der Waals surface area contributed by atoms with Gasteiger partial charge in [0.05, 0.1) is 6.07 Å². The first-order valence-electron chi connectivity index (χ1n) is 7.61. The van der Waals surface area contributed by atoms with Gasteiger partial charge in [-0.1, -0.05) is 12.1 Å². The Labute approximate surface area is 137 Å². The van der Waals surface area contributed by atoms with E-state index >= 15 is 0 Å². The van der Waals surface area contributed by atoms with Gasteiger partial charge in [0.2, 0.25) is 5.76 Å². The first-order valence-corrected chi connectivity index (χ1v) is 7.61. The normalized spacial score (nSPS) is 13.2. The fraction of sp³-hybridized carbons (Fsp3) is 0.294. The van der Waals surface area contributed by atoms with Crippen LogP contribution in [-0.4, -0.2) is 23.3 Å². The maximum atomic E-state index is 12.2. The molecule has 124 valence electrons. The van der Waals surface area contributed by atoms with Crippen LogP contribution in [0, 0.1) is 10.1 Å². The lowest BCUT2D eigenvalue weighted by molar-refractivity contribution is -0.402. The van der Waals surface area contributed by atoms with E-state index in [0.717, 1.165) is 37.8 Å². The van der Waals surface area contributed by atoms with E-state index in [1.165, 1.54) is 11.1 Å². The van der Waals surface area contributed by atoms with Crippen LogP contribution in [0.25, 0.3) is 0 Å². The quantitative estimate of drug-likeness (QED) is 0.362. The van der Waals surface area contributed by atoms with Crippen molar-refractivity contribution >= 4 is 17.6 Å². The van der Waals surface area contributed by atoms with Crippen molar-refractivity contribution in [1.29, 1.82) is 0 Å². The summed E-state index contributed by atoms with van der Waals surface area (Å²) in [5, 5.41) is 10.5. The number of aryl methyl sites for hydroxylation is 2. The smallest absolute Gasteiger partial charge is 0.433 e. The molecule has 2 aromatic rings. The van der Waals surface area contributed by atoms with Gasteiger partial charge in [-0.25, -0.2) is 4.79 Å². The van der Waals surface area contributed by atoms with Gasteiger partial charge in [0, 0.05) is 5.56 Å². The second kappa shape index (κ2) is 6.66. The van der Waals surface area contributed by atoms with E-state index in [9.17, 15) is 19.7 Å². The van der Waals surface area contributed by atoms with Crippen LogP contribution < -0.4 is 0 Å². The molecule has 0 aliphatic heterocycles. The van der Waals surface area contributed by atoms with Gasteiger partial charge in [-0.3, -0.25) is 14.9 Å². The number of carbonyl (C=O) groups excluding carboxylic acids is 2. The fourth-order valence-electron chi connectivity index (χ4n) is 2.73. The van der Waals surface area contributed by atoms with Crippen LogP contribution in [0.15, 0.2) is 34.7 Å². The van der Waals surface area contributed by atoms with Crippen molar-refractivity contribution in [3.63, 3.8) is 0 Å². The lowest BCUT2D eigenvalue weighted by Gasteiger charge is -2.16. The molecule has 7 heteroatoms. The Bertz CT molecular complexity index is 807. The number of esters is 1. The van der Waals surface area contributed by atoms with Gasteiger partial charge >= 0.3 is 11.9 Å². The fourth-order valence-corrected chi connectivity index (χ4v) is 2.73. The first kappa shape index (κ1) is 15.9. The summed E-state index contributed by atoms with van der Waals surface area (Å²) < 4.78 is 9.61. The number of carbonyl (C=O) groups is 2. The molecule has 0 bridgehead atoms. The molecule has 1 aromatic heterocycles. The first-order chi connectivity index (χ1) is 11.5. The van der Waals surface area contributed by atoms with Gasteiger partial charge in [-0.05, 0) is 48.9 Å². The van der Waals surface area contributed by atoms with E-state index in [-0.39, 0.29) is 11.5 Å². The Morgan fingerprint density at radius 1 is 1.12 bits per heavy atom. The van der Waals surface area contributed by atoms with E-state index in [1.807, 2.05) is 12.1 Å².